The maximum atomic E-state index is 6.00. The Bertz CT molecular complexity index is 985. The Morgan fingerprint density at radius 2 is 1.93 bits per heavy atom. The third-order valence-electron chi connectivity index (χ3n) is 5.70. The highest BCUT2D eigenvalue weighted by Crippen LogP contribution is 2.50. The summed E-state index contributed by atoms with van der Waals surface area (Å²) < 4.78 is 6.00. The van der Waals surface area contributed by atoms with E-state index in [2.05, 4.69) is 88.3 Å². The van der Waals surface area contributed by atoms with Crippen LogP contribution in [0.1, 0.15) is 47.1 Å². The fourth-order valence-electron chi connectivity index (χ4n) is 4.41. The van der Waals surface area contributed by atoms with Gasteiger partial charge in [-0.15, -0.1) is 11.8 Å². The summed E-state index contributed by atoms with van der Waals surface area (Å²) >= 11 is 2.15. The third-order valence-corrected chi connectivity index (χ3v) is 8.14. The number of rotatable bonds is 2. The van der Waals surface area contributed by atoms with Gasteiger partial charge in [0.2, 0.25) is 5.71 Å². The summed E-state index contributed by atoms with van der Waals surface area (Å²) in [6.45, 7) is 16.4. The summed E-state index contributed by atoms with van der Waals surface area (Å²) in [5.74, 6) is 0.655. The molecule has 0 N–H and O–H groups in total. The number of hydrogen-bond acceptors (Lipinski definition) is 4. The Morgan fingerprint density at radius 3 is 2.59 bits per heavy atom. The lowest BCUT2D eigenvalue weighted by atomic mass is 9.92. The molecule has 0 amide bonds. The van der Waals surface area contributed by atoms with Crippen LogP contribution in [0.2, 0.25) is 0 Å². The lowest BCUT2D eigenvalue weighted by Gasteiger charge is -2.38. The zero-order valence-corrected chi connectivity index (χ0v) is 18.2. The fraction of sp³-hybridized carbons (Fsp3) is 0.522. The minimum absolute atomic E-state index is 0.198. The number of anilines is 1. The molecule has 1 fully saturated rings. The van der Waals surface area contributed by atoms with Gasteiger partial charge in [0.1, 0.15) is 5.58 Å². The highest BCUT2D eigenvalue weighted by Gasteiger charge is 2.46. The predicted molar refractivity (Wildman–Crippen MR) is 118 cm³/mol. The van der Waals surface area contributed by atoms with E-state index in [-0.39, 0.29) is 5.41 Å². The first-order valence-electron chi connectivity index (χ1n) is 9.90. The molecule has 0 saturated carbocycles. The molecule has 1 saturated heterocycles. The van der Waals surface area contributed by atoms with Crippen LogP contribution in [0.25, 0.3) is 22.1 Å². The quantitative estimate of drug-likeness (QED) is 0.497. The van der Waals surface area contributed by atoms with Crippen molar-refractivity contribution >= 4 is 39.5 Å². The van der Waals surface area contributed by atoms with Gasteiger partial charge in [-0.1, -0.05) is 34.6 Å². The predicted octanol–water partition coefficient (Wildman–Crippen LogP) is 6.63. The molecule has 1 aliphatic heterocycles. The second-order valence-electron chi connectivity index (χ2n) is 9.30. The van der Waals surface area contributed by atoms with Crippen molar-refractivity contribution in [3.05, 3.63) is 36.0 Å². The molecule has 2 unspecified atom stereocenters. The lowest BCUT2D eigenvalue weighted by molar-refractivity contribution is 0.375. The van der Waals surface area contributed by atoms with Crippen LogP contribution in [-0.2, 0) is 0 Å². The van der Waals surface area contributed by atoms with Crippen LogP contribution in [0.3, 0.4) is 0 Å². The Hall–Kier alpha value is -1.68. The number of thioether (sulfide) groups is 1. The topological polar surface area (TPSA) is 29.3 Å². The zero-order chi connectivity index (χ0) is 19.5. The third kappa shape index (κ3) is 3.02. The Morgan fingerprint density at radius 1 is 1.19 bits per heavy atom. The molecular weight excluding hydrogens is 352 g/mol. The van der Waals surface area contributed by atoms with Gasteiger partial charge in [0.25, 0.3) is 0 Å². The summed E-state index contributed by atoms with van der Waals surface area (Å²) in [6.07, 6.45) is 1.79. The van der Waals surface area contributed by atoms with Crippen molar-refractivity contribution in [3.8, 4) is 0 Å². The van der Waals surface area contributed by atoms with Gasteiger partial charge in [-0.25, -0.2) is 4.98 Å². The van der Waals surface area contributed by atoms with E-state index in [1.807, 2.05) is 6.07 Å². The molecule has 4 heteroatoms. The van der Waals surface area contributed by atoms with Crippen LogP contribution in [-0.4, -0.2) is 21.6 Å². The molecule has 0 bridgehead atoms. The molecular formula is C23H30N2OS. The van der Waals surface area contributed by atoms with Crippen molar-refractivity contribution in [2.45, 2.75) is 65.1 Å². The molecule has 0 aliphatic carbocycles. The van der Waals surface area contributed by atoms with Crippen molar-refractivity contribution in [1.29, 1.82) is 0 Å². The zero-order valence-electron chi connectivity index (χ0n) is 17.4. The molecule has 3 atom stereocenters. The van der Waals surface area contributed by atoms with E-state index in [0.717, 1.165) is 22.1 Å². The maximum Gasteiger partial charge on any atom is 0.227 e. The van der Waals surface area contributed by atoms with Crippen molar-refractivity contribution in [3.63, 3.8) is 0 Å². The minimum atomic E-state index is 0.198. The Balaban J connectivity index is 1.90. The van der Waals surface area contributed by atoms with Gasteiger partial charge in [-0.2, -0.15) is 0 Å². The van der Waals surface area contributed by atoms with Gasteiger partial charge in [0.15, 0.2) is 0 Å². The number of furan rings is 1. The van der Waals surface area contributed by atoms with Gasteiger partial charge >= 0.3 is 0 Å². The smallest absolute Gasteiger partial charge is 0.227 e. The normalized spacial score (nSPS) is 23.9. The molecule has 144 valence electrons. The first-order valence-corrected chi connectivity index (χ1v) is 10.8. The van der Waals surface area contributed by atoms with Crippen LogP contribution in [0.5, 0.6) is 0 Å². The van der Waals surface area contributed by atoms with E-state index in [9.17, 15) is 0 Å². The van der Waals surface area contributed by atoms with Crippen LogP contribution in [0.4, 0.5) is 5.69 Å². The largest absolute Gasteiger partial charge is 0.438 e. The molecule has 27 heavy (non-hydrogen) atoms. The number of pyridine rings is 1. The van der Waals surface area contributed by atoms with Crippen LogP contribution in [0, 0.1) is 18.3 Å². The molecule has 3 aromatic rings. The fourth-order valence-corrected chi connectivity index (χ4v) is 6.22. The van der Waals surface area contributed by atoms with Gasteiger partial charge in [-0.05, 0) is 55.0 Å². The number of hydrogen-bond donors (Lipinski definition) is 0. The second-order valence-corrected chi connectivity index (χ2v) is 10.6. The van der Waals surface area contributed by atoms with Crippen molar-refractivity contribution in [2.24, 2.45) is 11.3 Å². The van der Waals surface area contributed by atoms with Crippen LogP contribution in [0.15, 0.2) is 34.9 Å². The van der Waals surface area contributed by atoms with Crippen molar-refractivity contribution in [1.82, 2.24) is 4.98 Å². The van der Waals surface area contributed by atoms with Crippen LogP contribution >= 0.6 is 11.8 Å². The van der Waals surface area contributed by atoms with Gasteiger partial charge < -0.3 is 9.32 Å². The van der Waals surface area contributed by atoms with Gasteiger partial charge in [-0.3, -0.25) is 0 Å². The standard InChI is InChI=1S/C23H30N2OS/c1-13(2)20-15(4)25(22(27-20)23(5,6)7)18-12-17-16-9-8-10-24-21(16)26-19(17)11-14(18)3/h8-13,15,20,22H,1-7H3/t15-,20?,22?/m0/s1. The molecule has 1 aromatic carbocycles. The SMILES string of the molecule is Cc1cc2oc3ncccc3c2cc1N1C(C(C)(C)C)SC(C(C)C)[C@@H]1C. The summed E-state index contributed by atoms with van der Waals surface area (Å²) in [7, 11) is 0. The second kappa shape index (κ2) is 6.44. The number of aromatic nitrogens is 1. The number of fused-ring (bicyclic) bond motifs is 3. The van der Waals surface area contributed by atoms with E-state index in [0.29, 0.717) is 22.6 Å². The molecule has 3 heterocycles. The van der Waals surface area contributed by atoms with Crippen molar-refractivity contribution in [2.75, 3.05) is 4.90 Å². The molecule has 1 aliphatic rings. The Labute approximate surface area is 166 Å². The van der Waals surface area contributed by atoms with E-state index in [4.69, 9.17) is 4.42 Å². The molecule has 0 radical (unpaired) electrons. The number of nitrogens with zero attached hydrogens (tertiary/aromatic N) is 2. The van der Waals surface area contributed by atoms with E-state index >= 15 is 0 Å². The summed E-state index contributed by atoms with van der Waals surface area (Å²) in [6, 6.07) is 9.10. The summed E-state index contributed by atoms with van der Waals surface area (Å²) in [4.78, 5) is 7.06. The highest BCUT2D eigenvalue weighted by molar-refractivity contribution is 8.01. The van der Waals surface area contributed by atoms with Crippen molar-refractivity contribution < 1.29 is 4.42 Å². The first-order chi connectivity index (χ1) is 12.7. The number of benzene rings is 1. The molecule has 0 spiro atoms. The molecule has 2 aromatic heterocycles. The van der Waals surface area contributed by atoms with Crippen LogP contribution < -0.4 is 4.90 Å². The molecule has 3 nitrogen and oxygen atoms in total. The highest BCUT2D eigenvalue weighted by atomic mass is 32.2. The monoisotopic (exact) mass is 382 g/mol. The lowest BCUT2D eigenvalue weighted by Crippen LogP contribution is -2.43. The average Bonchev–Trinajstić information content (AvgIpc) is 3.11. The van der Waals surface area contributed by atoms with E-state index in [1.165, 1.54) is 11.3 Å². The molecule has 4 rings (SSSR count). The van der Waals surface area contributed by atoms with E-state index < -0.39 is 0 Å². The Kier molecular flexibility index (Phi) is 4.45. The van der Waals surface area contributed by atoms with Gasteiger partial charge in [0.05, 0.1) is 5.37 Å². The van der Waals surface area contributed by atoms with Gasteiger partial charge in [0, 0.05) is 33.9 Å². The average molecular weight is 383 g/mol. The minimum Gasteiger partial charge on any atom is -0.438 e. The number of aryl methyl sites for hydroxylation is 1. The first kappa shape index (κ1) is 18.7. The summed E-state index contributed by atoms with van der Waals surface area (Å²) in [5.41, 5.74) is 4.45. The maximum absolute atomic E-state index is 6.00. The summed E-state index contributed by atoms with van der Waals surface area (Å²) in [5, 5.41) is 3.34. The van der Waals surface area contributed by atoms with E-state index in [1.54, 1.807) is 6.20 Å².